The molecule has 0 aromatic carbocycles. The molecule has 0 fully saturated rings. The van der Waals surface area contributed by atoms with Crippen LogP contribution in [0.2, 0.25) is 0 Å². The van der Waals surface area contributed by atoms with Crippen molar-refractivity contribution in [1.82, 2.24) is 0 Å². The Morgan fingerprint density at radius 2 is 0.481 bits per heavy atom. The van der Waals surface area contributed by atoms with Crippen molar-refractivity contribution < 1.29 is 20.4 Å². The summed E-state index contributed by atoms with van der Waals surface area (Å²) >= 11 is 0. The van der Waals surface area contributed by atoms with E-state index < -0.39 is 31.8 Å². The minimum atomic E-state index is -1.56. The standard InChI is InChI=1S/C5H8O4.4C4H10.2Sn/c6-1-5(2-7,3-8)4-9;4*1-3-4-2;;/h1-4H2;4*3-4H2,1-2H3;;/q-4;;;;;2*+2. The van der Waals surface area contributed by atoms with Crippen LogP contribution in [-0.2, 0) is 0 Å². The molecule has 0 aliphatic rings. The van der Waals surface area contributed by atoms with Gasteiger partial charge in [0.25, 0.3) is 0 Å². The fourth-order valence-corrected chi connectivity index (χ4v) is 0.250. The Labute approximate surface area is 205 Å². The van der Waals surface area contributed by atoms with Crippen molar-refractivity contribution in [3.63, 3.8) is 0 Å². The summed E-state index contributed by atoms with van der Waals surface area (Å²) in [5.41, 5.74) is -1.56. The molecule has 0 atom stereocenters. The zero-order valence-electron chi connectivity index (χ0n) is 19.6. The van der Waals surface area contributed by atoms with E-state index in [0.717, 1.165) is 0 Å². The third-order valence-electron chi connectivity index (χ3n) is 3.22. The molecular weight excluding hydrogens is 554 g/mol. The molecule has 0 aromatic rings. The molecular formula is C21H48O4Sn2. The van der Waals surface area contributed by atoms with Gasteiger partial charge in [-0.25, -0.2) is 0 Å². The van der Waals surface area contributed by atoms with Gasteiger partial charge in [0.15, 0.2) is 0 Å². The summed E-state index contributed by atoms with van der Waals surface area (Å²) in [6, 6.07) is 0. The van der Waals surface area contributed by atoms with Crippen molar-refractivity contribution in [2.45, 2.75) is 107 Å². The van der Waals surface area contributed by atoms with Crippen LogP contribution >= 0.6 is 0 Å². The molecule has 4 radical (unpaired) electrons. The Kier molecular flexibility index (Phi) is 87.6. The van der Waals surface area contributed by atoms with Crippen LogP contribution in [0.1, 0.15) is 107 Å². The molecule has 0 aromatic heterocycles. The van der Waals surface area contributed by atoms with Gasteiger partial charge in [0, 0.05) is 0 Å². The summed E-state index contributed by atoms with van der Waals surface area (Å²) in [6.45, 7) is 14.1. The smallest absolute Gasteiger partial charge is 0.854 e. The molecule has 0 aliphatic carbocycles. The maximum Gasteiger partial charge on any atom is 2.00 e. The number of hydrogen-bond acceptors (Lipinski definition) is 4. The Balaban J connectivity index is -0.0000000386. The normalized spacial score (nSPS) is 8.44. The van der Waals surface area contributed by atoms with Crippen LogP contribution in [0.15, 0.2) is 0 Å². The Hall–Kier alpha value is 1.44. The second kappa shape index (κ2) is 50.8. The molecule has 0 rings (SSSR count). The molecule has 4 nitrogen and oxygen atoms in total. The summed E-state index contributed by atoms with van der Waals surface area (Å²) in [5.74, 6) is 0. The van der Waals surface area contributed by atoms with Crippen molar-refractivity contribution in [3.8, 4) is 0 Å². The first-order valence-electron chi connectivity index (χ1n) is 10.2. The van der Waals surface area contributed by atoms with E-state index in [4.69, 9.17) is 0 Å². The maximum atomic E-state index is 10.0. The predicted molar refractivity (Wildman–Crippen MR) is 116 cm³/mol. The van der Waals surface area contributed by atoms with Gasteiger partial charge in [-0.3, -0.25) is 0 Å². The Bertz CT molecular complexity index is 129. The largest absolute Gasteiger partial charge is 2.00 e. The second-order valence-electron chi connectivity index (χ2n) is 6.08. The van der Waals surface area contributed by atoms with Gasteiger partial charge >= 0.3 is 47.8 Å². The summed E-state index contributed by atoms with van der Waals surface area (Å²) in [6.07, 6.45) is 10.6. The quantitative estimate of drug-likeness (QED) is 0.397. The first-order chi connectivity index (χ1) is 11.9. The van der Waals surface area contributed by atoms with E-state index in [2.05, 4.69) is 55.4 Å². The molecule has 0 N–H and O–H groups in total. The van der Waals surface area contributed by atoms with E-state index in [-0.39, 0.29) is 47.8 Å². The SMILES string of the molecule is CCCC.CCCC.CCCC.CCCC.[O-]CC(C[O-])(C[O-])C[O-].[Sn+2].[Sn+2]. The van der Waals surface area contributed by atoms with Crippen molar-refractivity contribution in [1.29, 1.82) is 0 Å². The van der Waals surface area contributed by atoms with Gasteiger partial charge in [0.1, 0.15) is 0 Å². The van der Waals surface area contributed by atoms with Gasteiger partial charge in [-0.2, -0.15) is 0 Å². The summed E-state index contributed by atoms with van der Waals surface area (Å²) in [5, 5.41) is 40.2. The molecule has 27 heavy (non-hydrogen) atoms. The van der Waals surface area contributed by atoms with Gasteiger partial charge in [-0.05, 0) is 0 Å². The van der Waals surface area contributed by atoms with Crippen LogP contribution in [0.25, 0.3) is 0 Å². The number of rotatable bonds is 8. The molecule has 0 saturated carbocycles. The van der Waals surface area contributed by atoms with E-state index in [1.807, 2.05) is 0 Å². The van der Waals surface area contributed by atoms with Crippen LogP contribution in [0, 0.1) is 5.41 Å². The van der Waals surface area contributed by atoms with Crippen LogP contribution in [-0.4, -0.2) is 74.2 Å². The van der Waals surface area contributed by atoms with Crippen molar-refractivity contribution in [3.05, 3.63) is 0 Å². The van der Waals surface area contributed by atoms with E-state index >= 15 is 0 Å². The van der Waals surface area contributed by atoms with Crippen LogP contribution in [0.3, 0.4) is 0 Å². The summed E-state index contributed by atoms with van der Waals surface area (Å²) in [4.78, 5) is 0. The zero-order valence-corrected chi connectivity index (χ0v) is 25.3. The van der Waals surface area contributed by atoms with Gasteiger partial charge in [0.05, 0.1) is 0 Å². The zero-order chi connectivity index (χ0) is 21.0. The van der Waals surface area contributed by atoms with E-state index in [0.29, 0.717) is 0 Å². The molecule has 0 unspecified atom stereocenters. The minimum Gasteiger partial charge on any atom is -0.854 e. The summed E-state index contributed by atoms with van der Waals surface area (Å²) in [7, 11) is 0. The van der Waals surface area contributed by atoms with Crippen LogP contribution < -0.4 is 20.4 Å². The number of unbranched alkanes of at least 4 members (excludes halogenated alkanes) is 4. The van der Waals surface area contributed by atoms with Gasteiger partial charge in [0.2, 0.25) is 0 Å². The molecule has 0 aliphatic heterocycles. The van der Waals surface area contributed by atoms with Crippen LogP contribution in [0.4, 0.5) is 0 Å². The third-order valence-corrected chi connectivity index (χ3v) is 3.22. The minimum absolute atomic E-state index is 0. The molecule has 0 bridgehead atoms. The fourth-order valence-electron chi connectivity index (χ4n) is 0.250. The molecule has 0 spiro atoms. The molecule has 0 heterocycles. The Morgan fingerprint density at radius 1 is 0.370 bits per heavy atom. The summed E-state index contributed by atoms with van der Waals surface area (Å²) < 4.78 is 0. The predicted octanol–water partition coefficient (Wildman–Crippen LogP) is 1.88. The molecule has 0 amide bonds. The molecule has 6 heteroatoms. The van der Waals surface area contributed by atoms with E-state index in [9.17, 15) is 20.4 Å². The van der Waals surface area contributed by atoms with Crippen molar-refractivity contribution >= 4 is 47.8 Å². The monoisotopic (exact) mass is 604 g/mol. The van der Waals surface area contributed by atoms with E-state index in [1.165, 1.54) is 51.4 Å². The van der Waals surface area contributed by atoms with Gasteiger partial charge in [-0.15, -0.1) is 26.4 Å². The number of hydrogen-bond donors (Lipinski definition) is 0. The van der Waals surface area contributed by atoms with Crippen molar-refractivity contribution in [2.75, 3.05) is 26.4 Å². The first-order valence-corrected chi connectivity index (χ1v) is 10.2. The second-order valence-corrected chi connectivity index (χ2v) is 6.08. The van der Waals surface area contributed by atoms with Gasteiger partial charge < -0.3 is 20.4 Å². The molecule has 0 saturated heterocycles. The topological polar surface area (TPSA) is 92.2 Å². The fraction of sp³-hybridized carbons (Fsp3) is 1.00. The average Bonchev–Trinajstić information content (AvgIpc) is 2.70. The maximum absolute atomic E-state index is 10.0. The van der Waals surface area contributed by atoms with Crippen LogP contribution in [0.5, 0.6) is 0 Å². The van der Waals surface area contributed by atoms with Crippen molar-refractivity contribution in [2.24, 2.45) is 5.41 Å². The average molecular weight is 602 g/mol. The Morgan fingerprint density at radius 3 is 0.481 bits per heavy atom. The first kappa shape index (κ1) is 46.6. The van der Waals surface area contributed by atoms with E-state index in [1.54, 1.807) is 0 Å². The van der Waals surface area contributed by atoms with Gasteiger partial charge in [-0.1, -0.05) is 112 Å². The third kappa shape index (κ3) is 58.4. The molecule has 164 valence electrons.